The van der Waals surface area contributed by atoms with Gasteiger partial charge in [-0.05, 0) is 32.3 Å². The van der Waals surface area contributed by atoms with E-state index < -0.39 is 11.7 Å². The fourth-order valence-corrected chi connectivity index (χ4v) is 1.38. The van der Waals surface area contributed by atoms with Crippen LogP contribution in [-0.4, -0.2) is 32.1 Å². The molecule has 1 aromatic carbocycles. The molecule has 0 bridgehead atoms. The highest BCUT2D eigenvalue weighted by atomic mass is 19.4. The second kappa shape index (κ2) is 5.74. The van der Waals surface area contributed by atoms with E-state index in [1.54, 1.807) is 6.07 Å². The number of alkyl halides is 3. The Kier molecular flexibility index (Phi) is 4.56. The van der Waals surface area contributed by atoms with Crippen LogP contribution in [0.1, 0.15) is 11.1 Å². The maximum absolute atomic E-state index is 12.5. The van der Waals surface area contributed by atoms with Crippen LogP contribution in [-0.2, 0) is 6.18 Å². The van der Waals surface area contributed by atoms with Crippen molar-refractivity contribution in [3.05, 3.63) is 29.3 Å². The normalized spacial score (nSPS) is 11.4. The number of hydrogen-bond donors (Lipinski definition) is 1. The van der Waals surface area contributed by atoms with Crippen LogP contribution in [0.25, 0.3) is 0 Å². The van der Waals surface area contributed by atoms with Crippen LogP contribution in [0.15, 0.2) is 18.2 Å². The largest absolute Gasteiger partial charge is 0.416 e. The van der Waals surface area contributed by atoms with E-state index in [9.17, 15) is 13.2 Å². The highest BCUT2D eigenvalue weighted by Crippen LogP contribution is 2.31. The predicted molar refractivity (Wildman–Crippen MR) is 63.2 cm³/mol. The van der Waals surface area contributed by atoms with Gasteiger partial charge in [0.25, 0.3) is 0 Å². The van der Waals surface area contributed by atoms with Gasteiger partial charge in [0, 0.05) is 13.1 Å². The van der Waals surface area contributed by atoms with Crippen molar-refractivity contribution in [2.75, 3.05) is 32.5 Å². The van der Waals surface area contributed by atoms with Gasteiger partial charge >= 0.3 is 6.18 Å². The summed E-state index contributed by atoms with van der Waals surface area (Å²) in [5.41, 5.74) is -0.381. The Labute approximate surface area is 104 Å². The lowest BCUT2D eigenvalue weighted by Crippen LogP contribution is -2.21. The molecular formula is C12H14F3N3. The van der Waals surface area contributed by atoms with E-state index in [4.69, 9.17) is 5.26 Å². The number of nitriles is 1. The molecule has 18 heavy (non-hydrogen) atoms. The van der Waals surface area contributed by atoms with Crippen molar-refractivity contribution in [3.63, 3.8) is 0 Å². The van der Waals surface area contributed by atoms with E-state index in [2.05, 4.69) is 5.32 Å². The van der Waals surface area contributed by atoms with Gasteiger partial charge in [-0.1, -0.05) is 0 Å². The summed E-state index contributed by atoms with van der Waals surface area (Å²) in [6.07, 6.45) is -4.42. The topological polar surface area (TPSA) is 39.1 Å². The summed E-state index contributed by atoms with van der Waals surface area (Å²) in [6.45, 7) is 1.29. The summed E-state index contributed by atoms with van der Waals surface area (Å²) in [6, 6.07) is 4.89. The van der Waals surface area contributed by atoms with Crippen LogP contribution in [0, 0.1) is 11.3 Å². The van der Waals surface area contributed by atoms with Crippen LogP contribution >= 0.6 is 0 Å². The highest BCUT2D eigenvalue weighted by molar-refractivity contribution is 5.59. The van der Waals surface area contributed by atoms with Crippen molar-refractivity contribution >= 4 is 5.69 Å². The average molecular weight is 257 g/mol. The molecule has 3 nitrogen and oxygen atoms in total. The molecule has 0 amide bonds. The molecule has 0 aromatic heterocycles. The first kappa shape index (κ1) is 14.3. The van der Waals surface area contributed by atoms with Crippen molar-refractivity contribution in [3.8, 4) is 6.07 Å². The molecule has 1 N–H and O–H groups in total. The minimum atomic E-state index is -4.42. The summed E-state index contributed by atoms with van der Waals surface area (Å²) in [5.74, 6) is 0. The predicted octanol–water partition coefficient (Wildman–Crippen LogP) is 2.55. The number of nitrogens with zero attached hydrogens (tertiary/aromatic N) is 2. The Morgan fingerprint density at radius 3 is 2.50 bits per heavy atom. The fraction of sp³-hybridized carbons (Fsp3) is 0.417. The first-order chi connectivity index (χ1) is 8.34. The zero-order chi connectivity index (χ0) is 13.8. The molecule has 0 radical (unpaired) electrons. The molecule has 0 aliphatic rings. The van der Waals surface area contributed by atoms with Crippen LogP contribution < -0.4 is 5.32 Å². The third-order valence-corrected chi connectivity index (χ3v) is 2.34. The lowest BCUT2D eigenvalue weighted by atomic mass is 10.1. The maximum atomic E-state index is 12.5. The second-order valence-electron chi connectivity index (χ2n) is 4.10. The van der Waals surface area contributed by atoms with E-state index in [0.29, 0.717) is 12.2 Å². The molecule has 0 aliphatic carbocycles. The van der Waals surface area contributed by atoms with Crippen molar-refractivity contribution < 1.29 is 13.2 Å². The number of anilines is 1. The van der Waals surface area contributed by atoms with Crippen LogP contribution in [0.4, 0.5) is 18.9 Å². The van der Waals surface area contributed by atoms with Crippen LogP contribution in [0.2, 0.25) is 0 Å². The Morgan fingerprint density at radius 2 is 2.00 bits per heavy atom. The molecule has 1 aromatic rings. The number of benzene rings is 1. The Balaban J connectivity index is 2.85. The zero-order valence-corrected chi connectivity index (χ0v) is 10.2. The monoisotopic (exact) mass is 257 g/mol. The van der Waals surface area contributed by atoms with Gasteiger partial charge in [-0.3, -0.25) is 0 Å². The van der Waals surface area contributed by atoms with Gasteiger partial charge in [-0.25, -0.2) is 0 Å². The quantitative estimate of drug-likeness (QED) is 0.901. The third kappa shape index (κ3) is 3.93. The number of rotatable bonds is 4. The van der Waals surface area contributed by atoms with Gasteiger partial charge in [0.1, 0.15) is 6.07 Å². The number of halogens is 3. The molecule has 0 fully saturated rings. The SMILES string of the molecule is CN(C)CCNc1ccc(C(F)(F)F)cc1C#N. The van der Waals surface area contributed by atoms with Gasteiger partial charge in [0.2, 0.25) is 0 Å². The molecule has 0 unspecified atom stereocenters. The number of likely N-dealkylation sites (N-methyl/N-ethyl adjacent to an activating group) is 1. The van der Waals surface area contributed by atoms with Crippen molar-refractivity contribution in [1.29, 1.82) is 5.26 Å². The Hall–Kier alpha value is -1.74. The first-order valence-electron chi connectivity index (χ1n) is 5.34. The zero-order valence-electron chi connectivity index (χ0n) is 10.2. The average Bonchev–Trinajstić information content (AvgIpc) is 2.27. The van der Waals surface area contributed by atoms with Crippen molar-refractivity contribution in [2.24, 2.45) is 0 Å². The van der Waals surface area contributed by atoms with E-state index in [1.807, 2.05) is 19.0 Å². The molecule has 0 heterocycles. The maximum Gasteiger partial charge on any atom is 0.416 e. The van der Waals surface area contributed by atoms with Crippen molar-refractivity contribution in [2.45, 2.75) is 6.18 Å². The van der Waals surface area contributed by atoms with Gasteiger partial charge in [-0.15, -0.1) is 0 Å². The van der Waals surface area contributed by atoms with Gasteiger partial charge in [0.05, 0.1) is 16.8 Å². The summed E-state index contributed by atoms with van der Waals surface area (Å²) >= 11 is 0. The molecule has 1 rings (SSSR count). The van der Waals surface area contributed by atoms with Crippen molar-refractivity contribution in [1.82, 2.24) is 4.90 Å². The summed E-state index contributed by atoms with van der Waals surface area (Å²) < 4.78 is 37.4. The number of hydrogen-bond acceptors (Lipinski definition) is 3. The summed E-state index contributed by atoms with van der Waals surface area (Å²) in [5, 5.41) is 11.8. The minimum Gasteiger partial charge on any atom is -0.383 e. The van der Waals surface area contributed by atoms with E-state index in [1.165, 1.54) is 6.07 Å². The summed E-state index contributed by atoms with van der Waals surface area (Å²) in [4.78, 5) is 1.93. The lowest BCUT2D eigenvalue weighted by Gasteiger charge is -2.13. The highest BCUT2D eigenvalue weighted by Gasteiger charge is 2.30. The van der Waals surface area contributed by atoms with E-state index >= 15 is 0 Å². The molecular weight excluding hydrogens is 243 g/mol. The van der Waals surface area contributed by atoms with E-state index in [-0.39, 0.29) is 5.56 Å². The fourth-order valence-electron chi connectivity index (χ4n) is 1.38. The first-order valence-corrected chi connectivity index (χ1v) is 5.34. The molecule has 0 aliphatic heterocycles. The Morgan fingerprint density at radius 1 is 1.33 bits per heavy atom. The van der Waals surface area contributed by atoms with Gasteiger partial charge in [-0.2, -0.15) is 18.4 Å². The van der Waals surface area contributed by atoms with Crippen LogP contribution in [0.5, 0.6) is 0 Å². The summed E-state index contributed by atoms with van der Waals surface area (Å²) in [7, 11) is 3.78. The number of nitrogens with one attached hydrogen (secondary N) is 1. The smallest absolute Gasteiger partial charge is 0.383 e. The lowest BCUT2D eigenvalue weighted by molar-refractivity contribution is -0.137. The van der Waals surface area contributed by atoms with Gasteiger partial charge in [0.15, 0.2) is 0 Å². The standard InChI is InChI=1S/C12H14F3N3/c1-18(2)6-5-17-11-4-3-10(12(13,14)15)7-9(11)8-16/h3-4,7,17H,5-6H2,1-2H3. The molecule has 0 saturated heterocycles. The third-order valence-electron chi connectivity index (χ3n) is 2.34. The molecule has 0 saturated carbocycles. The molecule has 6 heteroatoms. The minimum absolute atomic E-state index is 0.00332. The Bertz CT molecular complexity index is 447. The van der Waals surface area contributed by atoms with Gasteiger partial charge < -0.3 is 10.2 Å². The molecule has 98 valence electrons. The second-order valence-corrected chi connectivity index (χ2v) is 4.10. The molecule has 0 spiro atoms. The van der Waals surface area contributed by atoms with Crippen LogP contribution in [0.3, 0.4) is 0 Å². The van der Waals surface area contributed by atoms with E-state index in [0.717, 1.165) is 18.7 Å². The molecule has 0 atom stereocenters.